The maximum atomic E-state index is 12.6. The largest absolute Gasteiger partial charge is 0.493 e. The van der Waals surface area contributed by atoms with E-state index < -0.39 is 17.7 Å². The fourth-order valence-electron chi connectivity index (χ4n) is 2.72. The highest BCUT2D eigenvalue weighted by molar-refractivity contribution is 5.97. The maximum absolute atomic E-state index is 12.6. The van der Waals surface area contributed by atoms with E-state index in [1.807, 2.05) is 0 Å². The average Bonchev–Trinajstić information content (AvgIpc) is 3.03. The molecule has 1 aromatic carbocycles. The smallest absolute Gasteiger partial charge is 0.410 e. The van der Waals surface area contributed by atoms with E-state index in [1.165, 1.54) is 12.0 Å². The van der Waals surface area contributed by atoms with E-state index in [-0.39, 0.29) is 5.91 Å². The molecular weight excluding hydrogens is 324 g/mol. The molecule has 1 aliphatic heterocycles. The fraction of sp³-hybridized carbons (Fsp3) is 0.556. The van der Waals surface area contributed by atoms with Gasteiger partial charge in [0.05, 0.1) is 14.2 Å². The number of carbonyl (C=O) groups excluding carboxylic acids is 2. The number of anilines is 1. The normalized spacial score (nSPS) is 17.2. The lowest BCUT2D eigenvalue weighted by Gasteiger charge is -2.28. The zero-order valence-corrected chi connectivity index (χ0v) is 15.4. The second kappa shape index (κ2) is 7.63. The lowest BCUT2D eigenvalue weighted by atomic mass is 10.2. The molecule has 138 valence electrons. The third kappa shape index (κ3) is 4.78. The van der Waals surface area contributed by atoms with Gasteiger partial charge in [0.1, 0.15) is 11.6 Å². The van der Waals surface area contributed by atoms with Crippen molar-refractivity contribution in [2.24, 2.45) is 0 Å². The molecule has 0 spiro atoms. The summed E-state index contributed by atoms with van der Waals surface area (Å²) < 4.78 is 15.8. The van der Waals surface area contributed by atoms with Gasteiger partial charge in [0.25, 0.3) is 0 Å². The fourth-order valence-corrected chi connectivity index (χ4v) is 2.72. The van der Waals surface area contributed by atoms with Crippen molar-refractivity contribution in [3.8, 4) is 11.5 Å². The quantitative estimate of drug-likeness (QED) is 0.903. The Kier molecular flexibility index (Phi) is 5.77. The van der Waals surface area contributed by atoms with E-state index >= 15 is 0 Å². The molecule has 1 aromatic rings. The summed E-state index contributed by atoms with van der Waals surface area (Å²) >= 11 is 0. The van der Waals surface area contributed by atoms with E-state index in [2.05, 4.69) is 5.32 Å². The number of ether oxygens (including phenoxy) is 3. The van der Waals surface area contributed by atoms with Gasteiger partial charge in [0.2, 0.25) is 5.91 Å². The average molecular weight is 350 g/mol. The van der Waals surface area contributed by atoms with Crippen LogP contribution in [0, 0.1) is 0 Å². The van der Waals surface area contributed by atoms with Crippen LogP contribution in [0.25, 0.3) is 0 Å². The van der Waals surface area contributed by atoms with Crippen molar-refractivity contribution in [2.45, 2.75) is 45.3 Å². The predicted molar refractivity (Wildman–Crippen MR) is 94.1 cm³/mol. The van der Waals surface area contributed by atoms with Gasteiger partial charge in [-0.15, -0.1) is 0 Å². The lowest BCUT2D eigenvalue weighted by molar-refractivity contribution is -0.120. The third-order valence-electron chi connectivity index (χ3n) is 3.83. The Morgan fingerprint density at radius 1 is 1.16 bits per heavy atom. The summed E-state index contributed by atoms with van der Waals surface area (Å²) in [6.07, 6.45) is 0.916. The number of rotatable bonds is 4. The van der Waals surface area contributed by atoms with Crippen molar-refractivity contribution in [3.05, 3.63) is 18.2 Å². The minimum Gasteiger partial charge on any atom is -0.493 e. The van der Waals surface area contributed by atoms with Crippen LogP contribution in [0.15, 0.2) is 18.2 Å². The zero-order chi connectivity index (χ0) is 18.6. The monoisotopic (exact) mass is 350 g/mol. The summed E-state index contributed by atoms with van der Waals surface area (Å²) in [6, 6.07) is 4.59. The van der Waals surface area contributed by atoms with Crippen molar-refractivity contribution >= 4 is 17.7 Å². The Balaban J connectivity index is 2.08. The van der Waals surface area contributed by atoms with Crippen LogP contribution in [0.5, 0.6) is 11.5 Å². The molecule has 1 heterocycles. The van der Waals surface area contributed by atoms with Crippen LogP contribution in [0.3, 0.4) is 0 Å². The van der Waals surface area contributed by atoms with E-state index in [9.17, 15) is 9.59 Å². The molecule has 0 saturated carbocycles. The number of likely N-dealkylation sites (tertiary alicyclic amines) is 1. The first kappa shape index (κ1) is 18.9. The van der Waals surface area contributed by atoms with Crippen LogP contribution in [0.2, 0.25) is 0 Å². The van der Waals surface area contributed by atoms with Crippen molar-refractivity contribution in [2.75, 3.05) is 26.1 Å². The van der Waals surface area contributed by atoms with Crippen LogP contribution < -0.4 is 14.8 Å². The van der Waals surface area contributed by atoms with Crippen LogP contribution >= 0.6 is 0 Å². The second-order valence-corrected chi connectivity index (χ2v) is 6.89. The van der Waals surface area contributed by atoms with E-state index in [1.54, 1.807) is 46.1 Å². The Labute approximate surface area is 148 Å². The molecule has 1 saturated heterocycles. The van der Waals surface area contributed by atoms with Gasteiger partial charge in [-0.2, -0.15) is 0 Å². The van der Waals surface area contributed by atoms with Gasteiger partial charge in [-0.05, 0) is 45.7 Å². The van der Waals surface area contributed by atoms with Gasteiger partial charge in [0, 0.05) is 18.3 Å². The number of hydrogen-bond donors (Lipinski definition) is 1. The number of carbonyl (C=O) groups is 2. The molecule has 2 amide bonds. The minimum atomic E-state index is -0.593. The maximum Gasteiger partial charge on any atom is 0.410 e. The third-order valence-corrected chi connectivity index (χ3v) is 3.83. The summed E-state index contributed by atoms with van der Waals surface area (Å²) in [7, 11) is 3.08. The van der Waals surface area contributed by atoms with E-state index in [4.69, 9.17) is 14.2 Å². The number of methoxy groups -OCH3 is 2. The number of amides is 2. The molecule has 0 aromatic heterocycles. The van der Waals surface area contributed by atoms with Gasteiger partial charge >= 0.3 is 6.09 Å². The predicted octanol–water partition coefficient (Wildman–Crippen LogP) is 3.04. The summed E-state index contributed by atoms with van der Waals surface area (Å²) in [5, 5.41) is 2.83. The molecule has 2 rings (SSSR count). The first-order valence-corrected chi connectivity index (χ1v) is 8.27. The molecule has 1 atom stereocenters. The molecule has 7 nitrogen and oxygen atoms in total. The van der Waals surface area contributed by atoms with Crippen molar-refractivity contribution in [3.63, 3.8) is 0 Å². The Morgan fingerprint density at radius 2 is 1.84 bits per heavy atom. The topological polar surface area (TPSA) is 77.1 Å². The second-order valence-electron chi connectivity index (χ2n) is 6.89. The van der Waals surface area contributed by atoms with Gasteiger partial charge in [-0.3, -0.25) is 9.69 Å². The molecule has 1 fully saturated rings. The Hall–Kier alpha value is -2.44. The number of hydrogen-bond acceptors (Lipinski definition) is 5. The van der Waals surface area contributed by atoms with E-state index in [0.29, 0.717) is 30.2 Å². The van der Waals surface area contributed by atoms with Crippen LogP contribution in [-0.2, 0) is 9.53 Å². The first-order chi connectivity index (χ1) is 11.7. The summed E-state index contributed by atoms with van der Waals surface area (Å²) in [5.41, 5.74) is -0.0111. The molecule has 0 bridgehead atoms. The lowest BCUT2D eigenvalue weighted by Crippen LogP contribution is -2.45. The van der Waals surface area contributed by atoms with Gasteiger partial charge < -0.3 is 19.5 Å². The Morgan fingerprint density at radius 3 is 2.44 bits per heavy atom. The van der Waals surface area contributed by atoms with Crippen LogP contribution in [0.1, 0.15) is 33.6 Å². The summed E-state index contributed by atoms with van der Waals surface area (Å²) in [6.45, 7) is 5.93. The number of nitrogens with one attached hydrogen (secondary N) is 1. The summed E-state index contributed by atoms with van der Waals surface area (Å²) in [5.74, 6) is 0.864. The molecular formula is C18H26N2O5. The molecule has 1 N–H and O–H groups in total. The molecule has 1 aliphatic rings. The van der Waals surface area contributed by atoms with Gasteiger partial charge in [0.15, 0.2) is 11.5 Å². The highest BCUT2D eigenvalue weighted by atomic mass is 16.6. The molecule has 7 heteroatoms. The molecule has 0 radical (unpaired) electrons. The van der Waals surface area contributed by atoms with Gasteiger partial charge in [-0.25, -0.2) is 4.79 Å². The molecule has 25 heavy (non-hydrogen) atoms. The van der Waals surface area contributed by atoms with Crippen molar-refractivity contribution in [1.29, 1.82) is 0 Å². The van der Waals surface area contributed by atoms with Crippen molar-refractivity contribution < 1.29 is 23.8 Å². The number of nitrogens with zero attached hydrogens (tertiary/aromatic N) is 1. The highest BCUT2D eigenvalue weighted by Crippen LogP contribution is 2.30. The highest BCUT2D eigenvalue weighted by Gasteiger charge is 2.36. The molecule has 0 unspecified atom stereocenters. The van der Waals surface area contributed by atoms with Gasteiger partial charge in [-0.1, -0.05) is 0 Å². The first-order valence-electron chi connectivity index (χ1n) is 8.27. The van der Waals surface area contributed by atoms with Crippen molar-refractivity contribution in [1.82, 2.24) is 4.90 Å². The SMILES string of the molecule is COc1ccc(NC(=O)[C@@H]2CCCN2C(=O)OC(C)(C)C)cc1OC. The van der Waals surface area contributed by atoms with Crippen LogP contribution in [-0.4, -0.2) is 49.3 Å². The minimum absolute atomic E-state index is 0.240. The summed E-state index contributed by atoms with van der Waals surface area (Å²) in [4.78, 5) is 26.4. The standard InChI is InChI=1S/C18H26N2O5/c1-18(2,3)25-17(22)20-10-6-7-13(20)16(21)19-12-8-9-14(23-4)15(11-12)24-5/h8-9,11,13H,6-7,10H2,1-5H3,(H,19,21)/t13-/m0/s1. The zero-order valence-electron chi connectivity index (χ0n) is 15.4. The number of benzene rings is 1. The van der Waals surface area contributed by atoms with E-state index in [0.717, 1.165) is 6.42 Å². The Bertz CT molecular complexity index is 639. The molecule has 0 aliphatic carbocycles. The van der Waals surface area contributed by atoms with Crippen LogP contribution in [0.4, 0.5) is 10.5 Å².